The highest BCUT2D eigenvalue weighted by atomic mass is 35.5. The summed E-state index contributed by atoms with van der Waals surface area (Å²) < 4.78 is 1.89. The van der Waals surface area contributed by atoms with Crippen LogP contribution < -0.4 is 0 Å². The van der Waals surface area contributed by atoms with Crippen molar-refractivity contribution in [3.05, 3.63) is 5.82 Å². The van der Waals surface area contributed by atoms with E-state index in [1.807, 2.05) is 4.68 Å². The number of alkyl halides is 1. The molecule has 72 valence electrons. The second kappa shape index (κ2) is 3.62. The second-order valence-electron chi connectivity index (χ2n) is 3.65. The van der Waals surface area contributed by atoms with Crippen molar-refractivity contribution in [3.63, 3.8) is 0 Å². The van der Waals surface area contributed by atoms with Crippen molar-refractivity contribution in [1.82, 2.24) is 20.2 Å². The van der Waals surface area contributed by atoms with Gasteiger partial charge in [0.05, 0.1) is 11.9 Å². The zero-order chi connectivity index (χ0) is 9.26. The summed E-state index contributed by atoms with van der Waals surface area (Å²) in [7, 11) is 0. The number of nitrogens with zero attached hydrogens (tertiary/aromatic N) is 4. The summed E-state index contributed by atoms with van der Waals surface area (Å²) in [6.45, 7) is 2.25. The first kappa shape index (κ1) is 8.94. The van der Waals surface area contributed by atoms with Crippen molar-refractivity contribution in [2.75, 3.05) is 0 Å². The molecule has 1 aromatic heterocycles. The van der Waals surface area contributed by atoms with E-state index >= 15 is 0 Å². The van der Waals surface area contributed by atoms with Crippen LogP contribution in [0, 0.1) is 5.92 Å². The Bertz CT molecular complexity index is 285. The Kier molecular flexibility index (Phi) is 2.49. The highest BCUT2D eigenvalue weighted by molar-refractivity contribution is 6.16. The van der Waals surface area contributed by atoms with Gasteiger partial charge in [0.15, 0.2) is 5.82 Å². The van der Waals surface area contributed by atoms with Gasteiger partial charge in [0, 0.05) is 0 Å². The molecule has 0 N–H and O–H groups in total. The lowest BCUT2D eigenvalue weighted by atomic mass is 10.1. The summed E-state index contributed by atoms with van der Waals surface area (Å²) in [6, 6.07) is 0.462. The summed E-state index contributed by atoms with van der Waals surface area (Å²) in [5, 5.41) is 11.5. The van der Waals surface area contributed by atoms with E-state index in [0.717, 1.165) is 5.82 Å². The average Bonchev–Trinajstić information content (AvgIpc) is 2.71. The molecule has 0 amide bonds. The molecule has 4 nitrogen and oxygen atoms in total. The molecule has 2 unspecified atom stereocenters. The van der Waals surface area contributed by atoms with E-state index in [-0.39, 0.29) is 0 Å². The lowest BCUT2D eigenvalue weighted by molar-refractivity contribution is 0.360. The smallest absolute Gasteiger partial charge is 0.166 e. The van der Waals surface area contributed by atoms with Crippen LogP contribution in [0.2, 0.25) is 0 Å². The van der Waals surface area contributed by atoms with Crippen LogP contribution in [0.5, 0.6) is 0 Å². The quantitative estimate of drug-likeness (QED) is 0.684. The zero-order valence-electron chi connectivity index (χ0n) is 7.65. The third kappa shape index (κ3) is 1.55. The minimum absolute atomic E-state index is 0.399. The van der Waals surface area contributed by atoms with Crippen molar-refractivity contribution in [2.45, 2.75) is 38.1 Å². The van der Waals surface area contributed by atoms with Crippen molar-refractivity contribution >= 4 is 11.6 Å². The van der Waals surface area contributed by atoms with E-state index in [9.17, 15) is 0 Å². The van der Waals surface area contributed by atoms with Gasteiger partial charge in [-0.25, -0.2) is 4.68 Å². The molecule has 2 rings (SSSR count). The molecule has 0 aliphatic heterocycles. The fourth-order valence-corrected chi connectivity index (χ4v) is 2.22. The third-order valence-corrected chi connectivity index (χ3v) is 3.05. The monoisotopic (exact) mass is 200 g/mol. The Morgan fingerprint density at radius 1 is 1.54 bits per heavy atom. The largest absolute Gasteiger partial charge is 0.225 e. The molecule has 5 heteroatoms. The first-order valence-electron chi connectivity index (χ1n) is 4.65. The van der Waals surface area contributed by atoms with Gasteiger partial charge in [0.25, 0.3) is 0 Å². The molecule has 0 aromatic carbocycles. The van der Waals surface area contributed by atoms with E-state index in [1.54, 1.807) is 0 Å². The minimum Gasteiger partial charge on any atom is -0.225 e. The number of hydrogen-bond acceptors (Lipinski definition) is 3. The molecule has 1 aromatic rings. The SMILES string of the molecule is CC1CCCC1n1nnnc1CCl. The number of hydrogen-bond donors (Lipinski definition) is 0. The van der Waals surface area contributed by atoms with Gasteiger partial charge in [-0.2, -0.15) is 0 Å². The fraction of sp³-hybridized carbons (Fsp3) is 0.875. The van der Waals surface area contributed by atoms with Crippen molar-refractivity contribution in [3.8, 4) is 0 Å². The Hall–Kier alpha value is -0.640. The molecule has 1 aliphatic rings. The van der Waals surface area contributed by atoms with E-state index in [4.69, 9.17) is 11.6 Å². The van der Waals surface area contributed by atoms with Gasteiger partial charge >= 0.3 is 0 Å². The molecule has 0 saturated heterocycles. The minimum atomic E-state index is 0.399. The Balaban J connectivity index is 2.23. The molecule has 1 saturated carbocycles. The fourth-order valence-electron chi connectivity index (χ4n) is 2.05. The average molecular weight is 201 g/mol. The zero-order valence-corrected chi connectivity index (χ0v) is 8.41. The molecule has 13 heavy (non-hydrogen) atoms. The van der Waals surface area contributed by atoms with Gasteiger partial charge in [-0.3, -0.25) is 0 Å². The van der Waals surface area contributed by atoms with E-state index < -0.39 is 0 Å². The lowest BCUT2D eigenvalue weighted by Crippen LogP contribution is -2.15. The Morgan fingerprint density at radius 2 is 2.38 bits per heavy atom. The number of tetrazole rings is 1. The molecule has 0 bridgehead atoms. The Morgan fingerprint density at radius 3 is 3.00 bits per heavy atom. The van der Waals surface area contributed by atoms with Crippen LogP contribution in [-0.4, -0.2) is 20.2 Å². The van der Waals surface area contributed by atoms with Crippen LogP contribution in [0.1, 0.15) is 38.1 Å². The summed E-state index contributed by atoms with van der Waals surface area (Å²) in [4.78, 5) is 0. The predicted octanol–water partition coefficient (Wildman–Crippen LogP) is 1.77. The number of halogens is 1. The van der Waals surface area contributed by atoms with Crippen LogP contribution in [0.3, 0.4) is 0 Å². The van der Waals surface area contributed by atoms with Crippen LogP contribution in [0.4, 0.5) is 0 Å². The number of rotatable bonds is 2. The molecule has 0 radical (unpaired) electrons. The number of aromatic nitrogens is 4. The molecule has 1 fully saturated rings. The van der Waals surface area contributed by atoms with Crippen molar-refractivity contribution in [2.24, 2.45) is 5.92 Å². The molecular weight excluding hydrogens is 188 g/mol. The topological polar surface area (TPSA) is 43.6 Å². The first-order chi connectivity index (χ1) is 6.33. The highest BCUT2D eigenvalue weighted by Crippen LogP contribution is 2.35. The maximum absolute atomic E-state index is 5.74. The van der Waals surface area contributed by atoms with Gasteiger partial charge < -0.3 is 0 Å². The summed E-state index contributed by atoms with van der Waals surface area (Å²) in [5.74, 6) is 1.86. The molecular formula is C8H13ClN4. The molecule has 0 spiro atoms. The van der Waals surface area contributed by atoms with E-state index in [2.05, 4.69) is 22.4 Å². The maximum Gasteiger partial charge on any atom is 0.166 e. The van der Waals surface area contributed by atoms with E-state index in [0.29, 0.717) is 17.8 Å². The van der Waals surface area contributed by atoms with Gasteiger partial charge in [-0.1, -0.05) is 13.3 Å². The summed E-state index contributed by atoms with van der Waals surface area (Å²) in [6.07, 6.45) is 3.72. The van der Waals surface area contributed by atoms with E-state index in [1.165, 1.54) is 19.3 Å². The van der Waals surface area contributed by atoms with Gasteiger partial charge in [-0.05, 0) is 29.2 Å². The third-order valence-electron chi connectivity index (χ3n) is 2.81. The Labute approximate surface area is 82.3 Å². The maximum atomic E-state index is 5.74. The van der Waals surface area contributed by atoms with Crippen molar-refractivity contribution < 1.29 is 0 Å². The molecule has 2 atom stereocenters. The van der Waals surface area contributed by atoms with Crippen LogP contribution in [-0.2, 0) is 5.88 Å². The summed E-state index contributed by atoms with van der Waals surface area (Å²) in [5.41, 5.74) is 0. The van der Waals surface area contributed by atoms with Crippen LogP contribution in [0.25, 0.3) is 0 Å². The normalized spacial score (nSPS) is 28.2. The lowest BCUT2D eigenvalue weighted by Gasteiger charge is -2.15. The first-order valence-corrected chi connectivity index (χ1v) is 5.19. The standard InChI is InChI=1S/C8H13ClN4/c1-6-3-2-4-7(6)13-8(5-9)10-11-12-13/h6-7H,2-5H2,1H3. The van der Waals surface area contributed by atoms with Gasteiger partial charge in [0.1, 0.15) is 0 Å². The summed E-state index contributed by atoms with van der Waals surface area (Å²) >= 11 is 5.74. The highest BCUT2D eigenvalue weighted by Gasteiger charge is 2.27. The van der Waals surface area contributed by atoms with Crippen LogP contribution >= 0.6 is 11.6 Å². The van der Waals surface area contributed by atoms with Gasteiger partial charge in [0.2, 0.25) is 0 Å². The molecule has 1 aliphatic carbocycles. The predicted molar refractivity (Wildman–Crippen MR) is 49.4 cm³/mol. The second-order valence-corrected chi connectivity index (χ2v) is 3.92. The van der Waals surface area contributed by atoms with Crippen molar-refractivity contribution in [1.29, 1.82) is 0 Å². The molecule has 1 heterocycles. The van der Waals surface area contributed by atoms with Gasteiger partial charge in [-0.15, -0.1) is 16.7 Å². The van der Waals surface area contributed by atoms with Crippen LogP contribution in [0.15, 0.2) is 0 Å².